The van der Waals surface area contributed by atoms with Crippen LogP contribution in [-0.2, 0) is 10.0 Å². The van der Waals surface area contributed by atoms with Crippen molar-refractivity contribution in [1.82, 2.24) is 4.31 Å². The van der Waals surface area contributed by atoms with Gasteiger partial charge in [0.15, 0.2) is 0 Å². The molecule has 0 spiro atoms. The van der Waals surface area contributed by atoms with Crippen molar-refractivity contribution in [2.24, 2.45) is 5.73 Å². The maximum Gasteiger partial charge on any atom is 0.243 e. The summed E-state index contributed by atoms with van der Waals surface area (Å²) in [5.74, 6) is 0. The number of piperidine rings is 1. The highest BCUT2D eigenvalue weighted by Gasteiger charge is 2.30. The van der Waals surface area contributed by atoms with E-state index in [1.165, 1.54) is 10.4 Å². The van der Waals surface area contributed by atoms with Crippen molar-refractivity contribution in [3.05, 3.63) is 29.8 Å². The van der Waals surface area contributed by atoms with E-state index >= 15 is 0 Å². The Bertz CT molecular complexity index is 578. The summed E-state index contributed by atoms with van der Waals surface area (Å²) in [5, 5.41) is 9.44. The molecule has 0 unspecified atom stereocenters. The molecule has 1 fully saturated rings. The summed E-state index contributed by atoms with van der Waals surface area (Å²) in [6.07, 6.45) is 0.487. The number of nitrogens with two attached hydrogens (primary N) is 1. The van der Waals surface area contributed by atoms with Crippen LogP contribution in [0.3, 0.4) is 0 Å². The number of hydrogen-bond donors (Lipinski definition) is 2. The van der Waals surface area contributed by atoms with Crippen molar-refractivity contribution in [1.29, 1.82) is 0 Å². The molecule has 2 rings (SSSR count). The van der Waals surface area contributed by atoms with Crippen molar-refractivity contribution in [3.8, 4) is 0 Å². The number of aliphatic hydroxyl groups excluding tert-OH is 1. The van der Waals surface area contributed by atoms with Gasteiger partial charge in [0.25, 0.3) is 0 Å². The second kappa shape index (κ2) is 5.54. The predicted molar refractivity (Wildman–Crippen MR) is 76.3 cm³/mol. The Kier molecular flexibility index (Phi) is 4.19. The predicted octanol–water partition coefficient (Wildman–Crippen LogP) is 0.466. The van der Waals surface area contributed by atoms with E-state index in [9.17, 15) is 13.5 Å². The van der Waals surface area contributed by atoms with Gasteiger partial charge in [0, 0.05) is 18.7 Å². The SMILES string of the molecule is NC(=S)c1ccccc1S(=O)(=O)N1CCC(O)CC1. The van der Waals surface area contributed by atoms with Gasteiger partial charge in [-0.2, -0.15) is 4.31 Å². The minimum absolute atomic E-state index is 0.0659. The van der Waals surface area contributed by atoms with Crippen LogP contribution >= 0.6 is 12.2 Å². The molecule has 1 aliphatic heterocycles. The smallest absolute Gasteiger partial charge is 0.243 e. The molecule has 0 aromatic heterocycles. The Morgan fingerprint density at radius 2 is 1.89 bits per heavy atom. The summed E-state index contributed by atoms with van der Waals surface area (Å²) in [4.78, 5) is 0.204. The Morgan fingerprint density at radius 3 is 2.47 bits per heavy atom. The lowest BCUT2D eigenvalue weighted by molar-refractivity contribution is 0.113. The molecular weight excluding hydrogens is 284 g/mol. The second-order valence-corrected chi connectivity index (χ2v) is 6.84. The number of benzene rings is 1. The van der Waals surface area contributed by atoms with Gasteiger partial charge in [-0.1, -0.05) is 30.4 Å². The third-order valence-corrected chi connectivity index (χ3v) is 5.37. The molecule has 3 N–H and O–H groups in total. The van der Waals surface area contributed by atoms with E-state index in [4.69, 9.17) is 18.0 Å². The van der Waals surface area contributed by atoms with Gasteiger partial charge in [-0.3, -0.25) is 0 Å². The van der Waals surface area contributed by atoms with Crippen molar-refractivity contribution < 1.29 is 13.5 Å². The number of hydrogen-bond acceptors (Lipinski definition) is 4. The van der Waals surface area contributed by atoms with Gasteiger partial charge in [0.2, 0.25) is 10.0 Å². The van der Waals surface area contributed by atoms with Crippen LogP contribution in [0.25, 0.3) is 0 Å². The molecule has 0 aliphatic carbocycles. The third kappa shape index (κ3) is 2.94. The van der Waals surface area contributed by atoms with Gasteiger partial charge in [-0.05, 0) is 18.9 Å². The summed E-state index contributed by atoms with van der Waals surface area (Å²) >= 11 is 4.89. The summed E-state index contributed by atoms with van der Waals surface area (Å²) in [7, 11) is -3.61. The zero-order chi connectivity index (χ0) is 14.0. The first-order valence-electron chi connectivity index (χ1n) is 6.00. The summed E-state index contributed by atoms with van der Waals surface area (Å²) in [5.41, 5.74) is 5.94. The van der Waals surface area contributed by atoms with E-state index < -0.39 is 16.1 Å². The fraction of sp³-hybridized carbons (Fsp3) is 0.417. The van der Waals surface area contributed by atoms with Gasteiger partial charge in [0.1, 0.15) is 4.99 Å². The first-order chi connectivity index (χ1) is 8.93. The Hall–Kier alpha value is -1.02. The highest BCUT2D eigenvalue weighted by Crippen LogP contribution is 2.23. The average molecular weight is 300 g/mol. The molecule has 0 radical (unpaired) electrons. The molecule has 0 bridgehead atoms. The second-order valence-electron chi connectivity index (χ2n) is 4.50. The molecule has 1 aromatic carbocycles. The van der Waals surface area contributed by atoms with E-state index in [1.807, 2.05) is 0 Å². The fourth-order valence-corrected chi connectivity index (χ4v) is 4.04. The topological polar surface area (TPSA) is 83.6 Å². The van der Waals surface area contributed by atoms with Crippen molar-refractivity contribution in [2.75, 3.05) is 13.1 Å². The zero-order valence-corrected chi connectivity index (χ0v) is 12.0. The lowest BCUT2D eigenvalue weighted by Crippen LogP contribution is -2.40. The molecule has 1 aromatic rings. The minimum Gasteiger partial charge on any atom is -0.393 e. The number of rotatable bonds is 3. The normalized spacial score (nSPS) is 18.4. The third-order valence-electron chi connectivity index (χ3n) is 3.19. The van der Waals surface area contributed by atoms with Crippen LogP contribution in [0.1, 0.15) is 18.4 Å². The summed E-state index contributed by atoms with van der Waals surface area (Å²) in [6, 6.07) is 6.46. The maximum absolute atomic E-state index is 12.5. The first kappa shape index (κ1) is 14.4. The Morgan fingerprint density at radius 1 is 1.32 bits per heavy atom. The lowest BCUT2D eigenvalue weighted by atomic mass is 10.1. The monoisotopic (exact) mass is 300 g/mol. The molecule has 1 saturated heterocycles. The number of nitrogens with zero attached hydrogens (tertiary/aromatic N) is 1. The van der Waals surface area contributed by atoms with Crippen molar-refractivity contribution >= 4 is 27.2 Å². The lowest BCUT2D eigenvalue weighted by Gasteiger charge is -2.29. The molecule has 0 atom stereocenters. The van der Waals surface area contributed by atoms with E-state index in [1.54, 1.807) is 18.2 Å². The number of sulfonamides is 1. The molecule has 1 aliphatic rings. The van der Waals surface area contributed by atoms with Crippen LogP contribution < -0.4 is 5.73 Å². The van der Waals surface area contributed by atoms with Crippen molar-refractivity contribution in [2.45, 2.75) is 23.8 Å². The summed E-state index contributed by atoms with van der Waals surface area (Å²) < 4.78 is 26.5. The molecule has 1 heterocycles. The number of aliphatic hydroxyl groups is 1. The Balaban J connectivity index is 2.37. The van der Waals surface area contributed by atoms with Crippen LogP contribution in [0.2, 0.25) is 0 Å². The van der Waals surface area contributed by atoms with Crippen LogP contribution in [-0.4, -0.2) is 42.0 Å². The van der Waals surface area contributed by atoms with E-state index in [-0.39, 0.29) is 9.88 Å². The molecule has 104 valence electrons. The van der Waals surface area contributed by atoms with Gasteiger partial charge in [-0.25, -0.2) is 8.42 Å². The van der Waals surface area contributed by atoms with Crippen LogP contribution in [0.5, 0.6) is 0 Å². The largest absolute Gasteiger partial charge is 0.393 e. The molecule has 19 heavy (non-hydrogen) atoms. The first-order valence-corrected chi connectivity index (χ1v) is 7.85. The van der Waals surface area contributed by atoms with E-state index in [2.05, 4.69) is 0 Å². The van der Waals surface area contributed by atoms with Gasteiger partial charge >= 0.3 is 0 Å². The van der Waals surface area contributed by atoms with Crippen LogP contribution in [0.4, 0.5) is 0 Å². The van der Waals surface area contributed by atoms with E-state index in [0.717, 1.165) is 0 Å². The quantitative estimate of drug-likeness (QED) is 0.793. The van der Waals surface area contributed by atoms with Gasteiger partial charge < -0.3 is 10.8 Å². The standard InChI is InChI=1S/C12H16N2O3S2/c13-12(18)10-3-1-2-4-11(10)19(16,17)14-7-5-9(15)6-8-14/h1-4,9,15H,5-8H2,(H2,13,18). The van der Waals surface area contributed by atoms with Gasteiger partial charge in [-0.15, -0.1) is 0 Å². The highest BCUT2D eigenvalue weighted by molar-refractivity contribution is 7.89. The molecule has 0 saturated carbocycles. The Labute approximate surface area is 118 Å². The molecule has 5 nitrogen and oxygen atoms in total. The molecular formula is C12H16N2O3S2. The van der Waals surface area contributed by atoms with Crippen molar-refractivity contribution in [3.63, 3.8) is 0 Å². The molecule has 7 heteroatoms. The fourth-order valence-electron chi connectivity index (χ4n) is 2.12. The van der Waals surface area contributed by atoms with Crippen LogP contribution in [0, 0.1) is 0 Å². The highest BCUT2D eigenvalue weighted by atomic mass is 32.2. The zero-order valence-electron chi connectivity index (χ0n) is 10.3. The van der Waals surface area contributed by atoms with Gasteiger partial charge in [0.05, 0.1) is 11.0 Å². The minimum atomic E-state index is -3.61. The van der Waals surface area contributed by atoms with E-state index in [0.29, 0.717) is 31.5 Å². The average Bonchev–Trinajstić information content (AvgIpc) is 2.39. The van der Waals surface area contributed by atoms with Crippen LogP contribution in [0.15, 0.2) is 29.2 Å². The summed E-state index contributed by atoms with van der Waals surface area (Å²) in [6.45, 7) is 0.629. The maximum atomic E-state index is 12.5. The molecule has 0 amide bonds. The number of thiocarbonyl (C=S) groups is 1.